The van der Waals surface area contributed by atoms with Gasteiger partial charge in [-0.15, -0.1) is 0 Å². The molecule has 0 unspecified atom stereocenters. The van der Waals surface area contributed by atoms with Gasteiger partial charge in [-0.05, 0) is 24.5 Å². The number of nitrogens with one attached hydrogen (secondary N) is 2. The summed E-state index contributed by atoms with van der Waals surface area (Å²) in [5.41, 5.74) is 0.247. The van der Waals surface area contributed by atoms with Gasteiger partial charge in [0.05, 0.1) is 0 Å². The molecule has 1 aromatic carbocycles. The van der Waals surface area contributed by atoms with Crippen molar-refractivity contribution < 1.29 is 13.6 Å². The van der Waals surface area contributed by atoms with Crippen LogP contribution in [0.5, 0.6) is 0 Å². The van der Waals surface area contributed by atoms with Gasteiger partial charge in [-0.3, -0.25) is 0 Å². The summed E-state index contributed by atoms with van der Waals surface area (Å²) in [4.78, 5) is 11.5. The lowest BCUT2D eigenvalue weighted by Gasteiger charge is -2.11. The maximum atomic E-state index is 12.9. The molecular weight excluding hydrogens is 250 g/mol. The molecule has 1 fully saturated rings. The van der Waals surface area contributed by atoms with E-state index in [0.717, 1.165) is 18.6 Å². The molecule has 0 aromatic heterocycles. The fraction of sp³-hybridized carbons (Fsp3) is 0.500. The summed E-state index contributed by atoms with van der Waals surface area (Å²) in [7, 11) is 0. The Labute approximate surface area is 111 Å². The normalized spacial score (nSPS) is 15.5. The van der Waals surface area contributed by atoms with Crippen LogP contribution in [-0.2, 0) is 0 Å². The third-order valence-electron chi connectivity index (χ3n) is 3.49. The number of urea groups is 1. The van der Waals surface area contributed by atoms with E-state index in [0.29, 0.717) is 12.5 Å². The quantitative estimate of drug-likeness (QED) is 0.859. The largest absolute Gasteiger partial charge is 0.338 e. The summed E-state index contributed by atoms with van der Waals surface area (Å²) >= 11 is 0. The zero-order valence-corrected chi connectivity index (χ0v) is 10.7. The molecule has 1 aliphatic carbocycles. The number of rotatable bonds is 4. The average molecular weight is 268 g/mol. The zero-order chi connectivity index (χ0) is 13.7. The second-order valence-electron chi connectivity index (χ2n) is 4.95. The van der Waals surface area contributed by atoms with Crippen LogP contribution in [0.15, 0.2) is 18.2 Å². The third-order valence-corrected chi connectivity index (χ3v) is 3.49. The number of benzene rings is 1. The first-order valence-corrected chi connectivity index (χ1v) is 6.65. The van der Waals surface area contributed by atoms with E-state index in [1.54, 1.807) is 0 Å². The fourth-order valence-electron chi connectivity index (χ4n) is 2.44. The van der Waals surface area contributed by atoms with Crippen molar-refractivity contribution in [1.29, 1.82) is 0 Å². The van der Waals surface area contributed by atoms with Crippen molar-refractivity contribution in [1.82, 2.24) is 5.32 Å². The van der Waals surface area contributed by atoms with Gasteiger partial charge in [0.1, 0.15) is 0 Å². The van der Waals surface area contributed by atoms with Crippen LogP contribution in [0.25, 0.3) is 0 Å². The van der Waals surface area contributed by atoms with Crippen molar-refractivity contribution in [3.63, 3.8) is 0 Å². The topological polar surface area (TPSA) is 41.1 Å². The first-order chi connectivity index (χ1) is 9.15. The minimum absolute atomic E-state index is 0.247. The van der Waals surface area contributed by atoms with Gasteiger partial charge < -0.3 is 10.6 Å². The maximum absolute atomic E-state index is 12.9. The van der Waals surface area contributed by atoms with Crippen molar-refractivity contribution in [2.45, 2.75) is 32.1 Å². The Morgan fingerprint density at radius 1 is 1.21 bits per heavy atom. The van der Waals surface area contributed by atoms with E-state index in [2.05, 4.69) is 10.6 Å². The summed E-state index contributed by atoms with van der Waals surface area (Å²) in [6, 6.07) is 2.90. The highest BCUT2D eigenvalue weighted by atomic mass is 19.2. The number of anilines is 1. The van der Waals surface area contributed by atoms with Crippen molar-refractivity contribution in [2.75, 3.05) is 11.9 Å². The molecule has 0 radical (unpaired) electrons. The highest BCUT2D eigenvalue weighted by Gasteiger charge is 2.14. The Morgan fingerprint density at radius 2 is 1.95 bits per heavy atom. The Balaban J connectivity index is 1.72. The molecule has 0 saturated heterocycles. The van der Waals surface area contributed by atoms with E-state index >= 15 is 0 Å². The smallest absolute Gasteiger partial charge is 0.319 e. The molecule has 0 aliphatic heterocycles. The molecule has 5 heteroatoms. The molecule has 19 heavy (non-hydrogen) atoms. The molecule has 3 nitrogen and oxygen atoms in total. The van der Waals surface area contributed by atoms with Gasteiger partial charge in [0.15, 0.2) is 11.6 Å². The average Bonchev–Trinajstić information content (AvgIpc) is 2.87. The molecular formula is C14H18F2N2O. The molecule has 2 rings (SSSR count). The Kier molecular flexibility index (Phi) is 4.71. The number of amides is 2. The second-order valence-corrected chi connectivity index (χ2v) is 4.95. The van der Waals surface area contributed by atoms with Crippen LogP contribution < -0.4 is 10.6 Å². The molecule has 0 heterocycles. The maximum Gasteiger partial charge on any atom is 0.319 e. The highest BCUT2D eigenvalue weighted by molar-refractivity contribution is 5.89. The number of carbonyl (C=O) groups excluding carboxylic acids is 1. The van der Waals surface area contributed by atoms with Crippen LogP contribution in [0, 0.1) is 17.6 Å². The number of carbonyl (C=O) groups is 1. The van der Waals surface area contributed by atoms with Crippen LogP contribution in [0.2, 0.25) is 0 Å². The standard InChI is InChI=1S/C14H18F2N2O/c15-12-6-5-11(9-13(12)16)18-14(19)17-8-7-10-3-1-2-4-10/h5-6,9-10H,1-4,7-8H2,(H2,17,18,19). The SMILES string of the molecule is O=C(NCCC1CCCC1)Nc1ccc(F)c(F)c1. The van der Waals surface area contributed by atoms with E-state index in [1.165, 1.54) is 31.7 Å². The lowest BCUT2D eigenvalue weighted by atomic mass is 10.0. The Morgan fingerprint density at radius 3 is 2.63 bits per heavy atom. The molecule has 2 amide bonds. The van der Waals surface area contributed by atoms with Gasteiger partial charge >= 0.3 is 6.03 Å². The van der Waals surface area contributed by atoms with Crippen LogP contribution >= 0.6 is 0 Å². The van der Waals surface area contributed by atoms with Gasteiger partial charge in [0, 0.05) is 18.3 Å². The monoisotopic (exact) mass is 268 g/mol. The van der Waals surface area contributed by atoms with Crippen LogP contribution in [0.3, 0.4) is 0 Å². The van der Waals surface area contributed by atoms with Gasteiger partial charge in [-0.25, -0.2) is 13.6 Å². The molecule has 1 aromatic rings. The van der Waals surface area contributed by atoms with E-state index in [9.17, 15) is 13.6 Å². The van der Waals surface area contributed by atoms with Gasteiger partial charge in [0.25, 0.3) is 0 Å². The molecule has 1 aliphatic rings. The zero-order valence-electron chi connectivity index (χ0n) is 10.7. The summed E-state index contributed by atoms with van der Waals surface area (Å²) in [5.74, 6) is -1.18. The predicted octanol–water partition coefficient (Wildman–Crippen LogP) is 3.67. The molecule has 0 bridgehead atoms. The predicted molar refractivity (Wildman–Crippen MR) is 70.0 cm³/mol. The molecule has 0 atom stereocenters. The van der Waals surface area contributed by atoms with E-state index in [1.807, 2.05) is 0 Å². The van der Waals surface area contributed by atoms with Gasteiger partial charge in [-0.1, -0.05) is 25.7 Å². The highest BCUT2D eigenvalue weighted by Crippen LogP contribution is 2.26. The number of halogens is 2. The first kappa shape index (κ1) is 13.8. The number of hydrogen-bond acceptors (Lipinski definition) is 1. The lowest BCUT2D eigenvalue weighted by Crippen LogP contribution is -2.30. The van der Waals surface area contributed by atoms with E-state index < -0.39 is 11.6 Å². The van der Waals surface area contributed by atoms with Crippen LogP contribution in [-0.4, -0.2) is 12.6 Å². The van der Waals surface area contributed by atoms with Crippen molar-refractivity contribution >= 4 is 11.7 Å². The van der Waals surface area contributed by atoms with Crippen molar-refractivity contribution in [3.8, 4) is 0 Å². The minimum atomic E-state index is -0.969. The second kappa shape index (κ2) is 6.50. The molecule has 104 valence electrons. The van der Waals surface area contributed by atoms with Crippen molar-refractivity contribution in [2.24, 2.45) is 5.92 Å². The molecule has 2 N–H and O–H groups in total. The molecule has 1 saturated carbocycles. The Bertz CT molecular complexity index is 445. The van der Waals surface area contributed by atoms with Crippen molar-refractivity contribution in [3.05, 3.63) is 29.8 Å². The van der Waals surface area contributed by atoms with Gasteiger partial charge in [0.2, 0.25) is 0 Å². The summed E-state index contributed by atoms with van der Waals surface area (Å²) in [5, 5.41) is 5.20. The minimum Gasteiger partial charge on any atom is -0.338 e. The van der Waals surface area contributed by atoms with E-state index in [-0.39, 0.29) is 11.7 Å². The molecule has 0 spiro atoms. The fourth-order valence-corrected chi connectivity index (χ4v) is 2.44. The third kappa shape index (κ3) is 4.19. The van der Waals surface area contributed by atoms with Crippen LogP contribution in [0.4, 0.5) is 19.3 Å². The lowest BCUT2D eigenvalue weighted by molar-refractivity contribution is 0.251. The van der Waals surface area contributed by atoms with E-state index in [4.69, 9.17) is 0 Å². The summed E-state index contributed by atoms with van der Waals surface area (Å²) in [6.45, 7) is 0.611. The summed E-state index contributed by atoms with van der Waals surface area (Å²) < 4.78 is 25.6. The van der Waals surface area contributed by atoms with Gasteiger partial charge in [-0.2, -0.15) is 0 Å². The Hall–Kier alpha value is -1.65. The van der Waals surface area contributed by atoms with Crippen LogP contribution in [0.1, 0.15) is 32.1 Å². The summed E-state index contributed by atoms with van der Waals surface area (Å²) in [6.07, 6.45) is 6.03. The number of hydrogen-bond donors (Lipinski definition) is 2. The first-order valence-electron chi connectivity index (χ1n) is 6.65.